The van der Waals surface area contributed by atoms with Gasteiger partial charge in [0, 0.05) is 13.1 Å². The van der Waals surface area contributed by atoms with Gasteiger partial charge in [-0.05, 0) is 25.0 Å². The van der Waals surface area contributed by atoms with Crippen LogP contribution in [0.4, 0.5) is 9.59 Å². The Morgan fingerprint density at radius 1 is 0.950 bits per heavy atom. The molecule has 0 unspecified atom stereocenters. The normalized spacial score (nSPS) is 9.70. The van der Waals surface area contributed by atoms with Gasteiger partial charge in [-0.1, -0.05) is 24.3 Å². The van der Waals surface area contributed by atoms with Crippen molar-refractivity contribution in [3.05, 3.63) is 35.4 Å². The number of alkyl carbamates (subject to hydrolysis) is 2. The predicted molar refractivity (Wildman–Crippen MR) is 74.2 cm³/mol. The summed E-state index contributed by atoms with van der Waals surface area (Å²) in [6.45, 7) is 4.95. The maximum Gasteiger partial charge on any atom is 0.407 e. The van der Waals surface area contributed by atoms with E-state index in [4.69, 9.17) is 9.47 Å². The minimum Gasteiger partial charge on any atom is -0.450 e. The highest BCUT2D eigenvalue weighted by Crippen LogP contribution is 2.05. The van der Waals surface area contributed by atoms with Gasteiger partial charge in [0.05, 0.1) is 13.2 Å². The molecule has 0 spiro atoms. The molecular formula is C14H20N2O4. The molecule has 0 saturated heterocycles. The molecule has 0 heterocycles. The molecule has 1 rings (SSSR count). The zero-order valence-corrected chi connectivity index (χ0v) is 11.8. The van der Waals surface area contributed by atoms with Gasteiger partial charge < -0.3 is 20.1 Å². The van der Waals surface area contributed by atoms with Gasteiger partial charge in [-0.3, -0.25) is 0 Å². The molecule has 110 valence electrons. The maximum atomic E-state index is 11.2. The van der Waals surface area contributed by atoms with Crippen LogP contribution < -0.4 is 10.6 Å². The van der Waals surface area contributed by atoms with Crippen molar-refractivity contribution in [1.82, 2.24) is 10.6 Å². The Morgan fingerprint density at radius 3 is 1.80 bits per heavy atom. The lowest BCUT2D eigenvalue weighted by Crippen LogP contribution is -2.24. The summed E-state index contributed by atoms with van der Waals surface area (Å²) in [6.07, 6.45) is -0.884. The van der Waals surface area contributed by atoms with Crippen LogP contribution in [-0.2, 0) is 22.6 Å². The lowest BCUT2D eigenvalue weighted by atomic mass is 10.1. The fourth-order valence-corrected chi connectivity index (χ4v) is 1.56. The molecular weight excluding hydrogens is 260 g/mol. The van der Waals surface area contributed by atoms with E-state index in [2.05, 4.69) is 10.6 Å². The van der Waals surface area contributed by atoms with Crippen LogP contribution in [0.15, 0.2) is 24.3 Å². The van der Waals surface area contributed by atoms with E-state index in [-0.39, 0.29) is 0 Å². The summed E-state index contributed by atoms with van der Waals surface area (Å²) < 4.78 is 9.55. The zero-order chi connectivity index (χ0) is 14.8. The first-order valence-corrected chi connectivity index (χ1v) is 6.54. The van der Waals surface area contributed by atoms with Gasteiger partial charge in [-0.25, -0.2) is 9.59 Å². The first kappa shape index (κ1) is 15.8. The number of hydrogen-bond donors (Lipinski definition) is 2. The fraction of sp³-hybridized carbons (Fsp3) is 0.429. The number of rotatable bonds is 6. The lowest BCUT2D eigenvalue weighted by Gasteiger charge is -2.08. The van der Waals surface area contributed by atoms with Crippen molar-refractivity contribution < 1.29 is 19.1 Å². The molecule has 1 aromatic rings. The molecule has 0 aliphatic carbocycles. The Hall–Kier alpha value is -2.24. The largest absolute Gasteiger partial charge is 0.450 e. The number of hydrogen-bond acceptors (Lipinski definition) is 4. The fourth-order valence-electron chi connectivity index (χ4n) is 1.56. The third-order valence-electron chi connectivity index (χ3n) is 2.42. The van der Waals surface area contributed by atoms with Crippen molar-refractivity contribution in [1.29, 1.82) is 0 Å². The molecule has 0 fully saturated rings. The molecule has 0 atom stereocenters. The summed E-state index contributed by atoms with van der Waals surface area (Å²) in [7, 11) is 0. The highest BCUT2D eigenvalue weighted by Gasteiger charge is 2.03. The van der Waals surface area contributed by atoms with Crippen molar-refractivity contribution >= 4 is 12.2 Å². The van der Waals surface area contributed by atoms with E-state index in [0.717, 1.165) is 11.1 Å². The average molecular weight is 280 g/mol. The van der Waals surface area contributed by atoms with E-state index in [1.807, 2.05) is 24.3 Å². The predicted octanol–water partition coefficient (Wildman–Crippen LogP) is 2.18. The third-order valence-corrected chi connectivity index (χ3v) is 2.42. The molecule has 0 aliphatic rings. The Balaban J connectivity index is 2.45. The summed E-state index contributed by atoms with van der Waals surface area (Å²) in [6, 6.07) is 7.54. The second kappa shape index (κ2) is 8.79. The van der Waals surface area contributed by atoms with Crippen LogP contribution in [0.2, 0.25) is 0 Å². The standard InChI is InChI=1S/C14H20N2O4/c1-3-19-13(17)15-9-11-6-5-7-12(8-11)10-16-14(18)20-4-2/h5-8H,3-4,9-10H2,1-2H3,(H,15,17)(H,16,18). The van der Waals surface area contributed by atoms with Gasteiger partial charge in [-0.15, -0.1) is 0 Å². The zero-order valence-electron chi connectivity index (χ0n) is 11.8. The van der Waals surface area contributed by atoms with Crippen molar-refractivity contribution in [3.8, 4) is 0 Å². The minimum atomic E-state index is -0.442. The molecule has 0 saturated carbocycles. The first-order chi connectivity index (χ1) is 9.65. The van der Waals surface area contributed by atoms with Crippen molar-refractivity contribution in [2.24, 2.45) is 0 Å². The van der Waals surface area contributed by atoms with Crippen LogP contribution in [0.25, 0.3) is 0 Å². The third kappa shape index (κ3) is 6.08. The summed E-state index contributed by atoms with van der Waals surface area (Å²) in [5.74, 6) is 0. The van der Waals surface area contributed by atoms with Gasteiger partial charge in [0.1, 0.15) is 0 Å². The number of carbonyl (C=O) groups excluding carboxylic acids is 2. The number of benzene rings is 1. The van der Waals surface area contributed by atoms with Gasteiger partial charge in [0.2, 0.25) is 0 Å². The van der Waals surface area contributed by atoms with Crippen LogP contribution >= 0.6 is 0 Å². The van der Waals surface area contributed by atoms with E-state index < -0.39 is 12.2 Å². The van der Waals surface area contributed by atoms with Crippen LogP contribution in [0, 0.1) is 0 Å². The average Bonchev–Trinajstić information content (AvgIpc) is 2.44. The quantitative estimate of drug-likeness (QED) is 0.837. The summed E-state index contributed by atoms with van der Waals surface area (Å²) in [5, 5.41) is 5.28. The van der Waals surface area contributed by atoms with E-state index in [9.17, 15) is 9.59 Å². The summed E-state index contributed by atoms with van der Waals surface area (Å²) >= 11 is 0. The first-order valence-electron chi connectivity index (χ1n) is 6.54. The number of ether oxygens (including phenoxy) is 2. The minimum absolute atomic E-state index is 0.343. The van der Waals surface area contributed by atoms with Gasteiger partial charge in [-0.2, -0.15) is 0 Å². The van der Waals surface area contributed by atoms with E-state index in [1.165, 1.54) is 0 Å². The molecule has 20 heavy (non-hydrogen) atoms. The maximum absolute atomic E-state index is 11.2. The molecule has 2 N–H and O–H groups in total. The van der Waals surface area contributed by atoms with Crippen LogP contribution in [0.1, 0.15) is 25.0 Å². The lowest BCUT2D eigenvalue weighted by molar-refractivity contribution is 0.151. The smallest absolute Gasteiger partial charge is 0.407 e. The van der Waals surface area contributed by atoms with Gasteiger partial charge >= 0.3 is 12.2 Å². The Morgan fingerprint density at radius 2 is 1.40 bits per heavy atom. The van der Waals surface area contributed by atoms with Crippen LogP contribution in [0.3, 0.4) is 0 Å². The van der Waals surface area contributed by atoms with Crippen molar-refractivity contribution in [2.75, 3.05) is 13.2 Å². The number of carbonyl (C=O) groups is 2. The summed E-state index contributed by atoms with van der Waals surface area (Å²) in [5.41, 5.74) is 1.86. The number of amides is 2. The second-order valence-corrected chi connectivity index (χ2v) is 3.97. The Labute approximate surface area is 118 Å². The molecule has 6 nitrogen and oxygen atoms in total. The Kier molecular flexibility index (Phi) is 6.95. The van der Waals surface area contributed by atoms with Gasteiger partial charge in [0.15, 0.2) is 0 Å². The molecule has 0 aromatic heterocycles. The van der Waals surface area contributed by atoms with E-state index in [1.54, 1.807) is 13.8 Å². The molecule has 6 heteroatoms. The SMILES string of the molecule is CCOC(=O)NCc1cccc(CNC(=O)OCC)c1. The molecule has 0 aliphatic heterocycles. The van der Waals surface area contributed by atoms with Crippen molar-refractivity contribution in [3.63, 3.8) is 0 Å². The van der Waals surface area contributed by atoms with Gasteiger partial charge in [0.25, 0.3) is 0 Å². The van der Waals surface area contributed by atoms with E-state index in [0.29, 0.717) is 26.3 Å². The van der Waals surface area contributed by atoms with E-state index >= 15 is 0 Å². The topological polar surface area (TPSA) is 76.7 Å². The highest BCUT2D eigenvalue weighted by atomic mass is 16.5. The molecule has 2 amide bonds. The molecule has 0 bridgehead atoms. The highest BCUT2D eigenvalue weighted by molar-refractivity contribution is 5.67. The molecule has 1 aromatic carbocycles. The summed E-state index contributed by atoms with van der Waals surface area (Å²) in [4.78, 5) is 22.4. The molecule has 0 radical (unpaired) electrons. The van der Waals surface area contributed by atoms with Crippen LogP contribution in [-0.4, -0.2) is 25.4 Å². The van der Waals surface area contributed by atoms with Crippen molar-refractivity contribution in [2.45, 2.75) is 26.9 Å². The second-order valence-electron chi connectivity index (χ2n) is 3.97. The Bertz CT molecular complexity index is 411. The van der Waals surface area contributed by atoms with Crippen LogP contribution in [0.5, 0.6) is 0 Å². The monoisotopic (exact) mass is 280 g/mol. The number of nitrogens with one attached hydrogen (secondary N) is 2.